The molecule has 88 valence electrons. The number of phosphoric acid groups is 1. The molecule has 0 saturated heterocycles. The number of nitrogens with zero attached hydrogens (tertiary/aromatic N) is 1. The van der Waals surface area contributed by atoms with Gasteiger partial charge in [0.05, 0.1) is 31.5 Å². The molecule has 0 rings (SSSR count). The molecule has 0 aromatic carbocycles. The Balaban J connectivity index is 3.85. The monoisotopic (exact) mass is 253 g/mol. The van der Waals surface area contributed by atoms with Gasteiger partial charge in [0.15, 0.2) is 0 Å². The molecule has 0 unspecified atom stereocenters. The van der Waals surface area contributed by atoms with Crippen LogP contribution in [0.25, 0.3) is 0 Å². The fraction of sp³-hybridized carbons (Fsp3) is 0.875. The van der Waals surface area contributed by atoms with Crippen LogP contribution in [0.2, 0.25) is 0 Å². The average Bonchev–Trinajstić information content (AvgIpc) is 2.18. The maximum Gasteiger partial charge on any atom is 0.474 e. The number of rotatable bonds is 9. The molecule has 0 heterocycles. The highest BCUT2D eigenvalue weighted by Gasteiger charge is 2.24. The zero-order valence-electron chi connectivity index (χ0n) is 8.97. The summed E-state index contributed by atoms with van der Waals surface area (Å²) < 4.78 is 26.6. The molecule has 0 bridgehead atoms. The first kappa shape index (κ1) is 14.9. The molecule has 0 radical (unpaired) electrons. The molecule has 5 nitrogen and oxygen atoms in total. The van der Waals surface area contributed by atoms with E-state index in [2.05, 4.69) is 22.4 Å². The summed E-state index contributed by atoms with van der Waals surface area (Å²) in [6.07, 6.45) is 0.605. The minimum Gasteiger partial charge on any atom is -0.287 e. The Morgan fingerprint density at radius 2 is 1.87 bits per heavy atom. The van der Waals surface area contributed by atoms with E-state index in [4.69, 9.17) is 13.6 Å². The summed E-state index contributed by atoms with van der Waals surface area (Å²) in [5, 5.41) is 2.24. The second-order valence-corrected chi connectivity index (χ2v) is 4.29. The zero-order valence-corrected chi connectivity index (χ0v) is 10.7. The van der Waals surface area contributed by atoms with Gasteiger partial charge in [-0.1, -0.05) is 0 Å². The summed E-state index contributed by atoms with van der Waals surface area (Å²) in [4.78, 5) is 3.70. The highest BCUT2D eigenvalue weighted by atomic mass is 32.1. The lowest BCUT2D eigenvalue weighted by Gasteiger charge is -2.15. The van der Waals surface area contributed by atoms with Gasteiger partial charge in [0, 0.05) is 0 Å². The molecule has 0 saturated carbocycles. The Morgan fingerprint density at radius 3 is 2.33 bits per heavy atom. The third kappa shape index (κ3) is 7.79. The predicted octanol–water partition coefficient (Wildman–Crippen LogP) is 2.68. The van der Waals surface area contributed by atoms with Crippen LogP contribution in [0, 0.1) is 0 Å². The fourth-order valence-electron chi connectivity index (χ4n) is 0.794. The van der Waals surface area contributed by atoms with Gasteiger partial charge in [0.1, 0.15) is 0 Å². The predicted molar refractivity (Wildman–Crippen MR) is 61.3 cm³/mol. The quantitative estimate of drug-likeness (QED) is 0.273. The van der Waals surface area contributed by atoms with Crippen LogP contribution in [0.3, 0.4) is 0 Å². The van der Waals surface area contributed by atoms with E-state index in [1.807, 2.05) is 0 Å². The van der Waals surface area contributed by atoms with Gasteiger partial charge in [-0.25, -0.2) is 9.56 Å². The topological polar surface area (TPSA) is 57.1 Å². The van der Waals surface area contributed by atoms with Crippen LogP contribution < -0.4 is 0 Å². The summed E-state index contributed by atoms with van der Waals surface area (Å²) in [7, 11) is -3.36. The van der Waals surface area contributed by atoms with Crippen LogP contribution in [-0.2, 0) is 18.1 Å². The zero-order chi connectivity index (χ0) is 11.6. The Bertz CT molecular complexity index is 245. The van der Waals surface area contributed by atoms with E-state index in [0.29, 0.717) is 13.0 Å². The van der Waals surface area contributed by atoms with Crippen LogP contribution in [0.15, 0.2) is 4.99 Å². The third-order valence-corrected chi connectivity index (χ3v) is 3.08. The molecule has 0 aliphatic heterocycles. The lowest BCUT2D eigenvalue weighted by molar-refractivity contribution is 0.121. The van der Waals surface area contributed by atoms with Crippen LogP contribution in [0.4, 0.5) is 0 Å². The summed E-state index contributed by atoms with van der Waals surface area (Å²) in [5.41, 5.74) is 0. The molecule has 0 spiro atoms. The van der Waals surface area contributed by atoms with Crippen molar-refractivity contribution in [3.8, 4) is 0 Å². The van der Waals surface area contributed by atoms with Crippen LogP contribution in [-0.4, -0.2) is 31.5 Å². The van der Waals surface area contributed by atoms with Gasteiger partial charge < -0.3 is 0 Å². The molecule has 0 aliphatic carbocycles. The van der Waals surface area contributed by atoms with Gasteiger partial charge in [-0.05, 0) is 32.5 Å². The number of thiocarbonyl (C=S) groups is 1. The lowest BCUT2D eigenvalue weighted by atomic mass is 10.5. The highest BCUT2D eigenvalue weighted by Crippen LogP contribution is 2.49. The Hall–Kier alpha value is -0.0900. The molecule has 7 heteroatoms. The van der Waals surface area contributed by atoms with E-state index in [1.54, 1.807) is 13.8 Å². The van der Waals surface area contributed by atoms with Gasteiger partial charge in [-0.2, -0.15) is 0 Å². The number of hydrogen-bond donors (Lipinski definition) is 0. The van der Waals surface area contributed by atoms with E-state index < -0.39 is 7.82 Å². The summed E-state index contributed by atoms with van der Waals surface area (Å²) in [6.45, 7) is 4.79. The van der Waals surface area contributed by atoms with E-state index in [1.165, 1.54) is 0 Å². The maximum atomic E-state index is 11.7. The summed E-state index contributed by atoms with van der Waals surface area (Å²) in [6, 6.07) is 0. The van der Waals surface area contributed by atoms with Crippen molar-refractivity contribution in [2.45, 2.75) is 20.3 Å². The van der Waals surface area contributed by atoms with Crippen molar-refractivity contribution in [1.82, 2.24) is 0 Å². The average molecular weight is 253 g/mol. The van der Waals surface area contributed by atoms with E-state index in [9.17, 15) is 4.57 Å². The molecule has 0 aromatic rings. The first-order valence-electron chi connectivity index (χ1n) is 4.75. The minimum absolute atomic E-state index is 0.262. The SMILES string of the molecule is CCOP(=O)(OCC)OCCCN=C=S. The summed E-state index contributed by atoms with van der Waals surface area (Å²) >= 11 is 4.40. The molecule has 0 N–H and O–H groups in total. The second kappa shape index (κ2) is 9.16. The smallest absolute Gasteiger partial charge is 0.287 e. The maximum absolute atomic E-state index is 11.7. The van der Waals surface area contributed by atoms with Crippen LogP contribution in [0.1, 0.15) is 20.3 Å². The van der Waals surface area contributed by atoms with Gasteiger partial charge >= 0.3 is 7.82 Å². The van der Waals surface area contributed by atoms with Crippen LogP contribution >= 0.6 is 20.0 Å². The van der Waals surface area contributed by atoms with Gasteiger partial charge in [-0.3, -0.25) is 13.6 Å². The lowest BCUT2D eigenvalue weighted by Crippen LogP contribution is -2.02. The van der Waals surface area contributed by atoms with E-state index in [-0.39, 0.29) is 19.8 Å². The van der Waals surface area contributed by atoms with Crippen LogP contribution in [0.5, 0.6) is 0 Å². The minimum atomic E-state index is -3.36. The standard InChI is InChI=1S/C8H16NO4PS/c1-3-11-14(10,12-4-2)13-7-5-6-9-8-15/h3-7H2,1-2H3. The first-order valence-corrected chi connectivity index (χ1v) is 6.62. The molecular weight excluding hydrogens is 237 g/mol. The summed E-state index contributed by atoms with van der Waals surface area (Å²) in [5.74, 6) is 0. The largest absolute Gasteiger partial charge is 0.474 e. The van der Waals surface area contributed by atoms with Crippen molar-refractivity contribution in [3.05, 3.63) is 0 Å². The molecular formula is C8H16NO4PS. The Labute approximate surface area is 95.4 Å². The van der Waals surface area contributed by atoms with E-state index in [0.717, 1.165) is 0 Å². The second-order valence-electron chi connectivity index (χ2n) is 2.44. The van der Waals surface area contributed by atoms with Crippen molar-refractivity contribution in [2.24, 2.45) is 4.99 Å². The Kier molecular flexibility index (Phi) is 9.10. The molecule has 0 aromatic heterocycles. The molecule has 0 fully saturated rings. The Morgan fingerprint density at radius 1 is 1.27 bits per heavy atom. The van der Waals surface area contributed by atoms with Crippen molar-refractivity contribution in [3.63, 3.8) is 0 Å². The van der Waals surface area contributed by atoms with Crippen molar-refractivity contribution < 1.29 is 18.1 Å². The first-order chi connectivity index (χ1) is 7.18. The van der Waals surface area contributed by atoms with Crippen molar-refractivity contribution in [1.29, 1.82) is 0 Å². The normalized spacial score (nSPS) is 11.1. The fourth-order valence-corrected chi connectivity index (χ4v) is 2.09. The molecule has 0 aliphatic rings. The number of isothiocyanates is 1. The van der Waals surface area contributed by atoms with Gasteiger partial charge in [-0.15, -0.1) is 0 Å². The molecule has 15 heavy (non-hydrogen) atoms. The van der Waals surface area contributed by atoms with Gasteiger partial charge in [0.2, 0.25) is 0 Å². The third-order valence-electron chi connectivity index (χ3n) is 1.30. The highest BCUT2D eigenvalue weighted by molar-refractivity contribution is 7.78. The number of aliphatic imine (C=N–C) groups is 1. The molecule has 0 atom stereocenters. The molecule has 0 amide bonds. The van der Waals surface area contributed by atoms with Gasteiger partial charge in [0.25, 0.3) is 0 Å². The van der Waals surface area contributed by atoms with E-state index >= 15 is 0 Å². The number of phosphoric ester groups is 1. The van der Waals surface area contributed by atoms with Crippen molar-refractivity contribution >= 4 is 25.2 Å². The number of hydrogen-bond acceptors (Lipinski definition) is 6. The van der Waals surface area contributed by atoms with Crippen molar-refractivity contribution in [2.75, 3.05) is 26.4 Å².